The van der Waals surface area contributed by atoms with Gasteiger partial charge in [-0.3, -0.25) is 4.72 Å². The van der Waals surface area contributed by atoms with Gasteiger partial charge in [0.25, 0.3) is 0 Å². The van der Waals surface area contributed by atoms with E-state index in [4.69, 9.17) is 0 Å². The third kappa shape index (κ3) is 7.12. The Morgan fingerprint density at radius 1 is 1.45 bits per heavy atom. The first kappa shape index (κ1) is 10.2. The summed E-state index contributed by atoms with van der Waals surface area (Å²) in [4.78, 5) is 0. The molecule has 0 saturated heterocycles. The quantitative estimate of drug-likeness (QED) is 0.651. The van der Waals surface area contributed by atoms with Gasteiger partial charge in [-0.15, -0.1) is 0 Å². The van der Waals surface area contributed by atoms with Gasteiger partial charge < -0.3 is 0 Å². The zero-order valence-electron chi connectivity index (χ0n) is 6.96. The van der Waals surface area contributed by atoms with Gasteiger partial charge in [-0.1, -0.05) is 12.2 Å². The summed E-state index contributed by atoms with van der Waals surface area (Å²) in [6, 6.07) is 0. The van der Waals surface area contributed by atoms with Crippen LogP contribution in [-0.4, -0.2) is 14.7 Å². The molecule has 64 valence electrons. The number of hydrogen-bond acceptors (Lipinski definition) is 2. The van der Waals surface area contributed by atoms with E-state index < -0.39 is 10.0 Å². The minimum atomic E-state index is -3.11. The Labute approximate surface area is 67.9 Å². The molecule has 0 aliphatic rings. The molecular formula is C7H13NO2S. The summed E-state index contributed by atoms with van der Waals surface area (Å²) in [6.07, 6.45) is 6.42. The van der Waals surface area contributed by atoms with E-state index in [1.165, 1.54) is 0 Å². The predicted octanol–water partition coefficient (Wildman–Crippen LogP) is 1.02. The van der Waals surface area contributed by atoms with E-state index in [1.54, 1.807) is 19.1 Å². The largest absolute Gasteiger partial charge is 0.288 e. The van der Waals surface area contributed by atoms with Crippen LogP contribution in [0.5, 0.6) is 0 Å². The van der Waals surface area contributed by atoms with Gasteiger partial charge >= 0.3 is 0 Å². The Morgan fingerprint density at radius 2 is 2.00 bits per heavy atom. The molecule has 4 heteroatoms. The Morgan fingerprint density at radius 3 is 2.36 bits per heavy atom. The topological polar surface area (TPSA) is 46.2 Å². The minimum Gasteiger partial charge on any atom is -0.288 e. The van der Waals surface area contributed by atoms with Crippen LogP contribution in [0.1, 0.15) is 13.8 Å². The van der Waals surface area contributed by atoms with Crippen molar-refractivity contribution in [3.05, 3.63) is 23.9 Å². The van der Waals surface area contributed by atoms with Crippen LogP contribution in [0.25, 0.3) is 0 Å². The van der Waals surface area contributed by atoms with E-state index in [0.29, 0.717) is 5.70 Å². The summed E-state index contributed by atoms with van der Waals surface area (Å²) in [5.74, 6) is 0. The van der Waals surface area contributed by atoms with Gasteiger partial charge in [-0.25, -0.2) is 8.42 Å². The highest BCUT2D eigenvalue weighted by molar-refractivity contribution is 7.88. The average Bonchev–Trinajstić information content (AvgIpc) is 1.79. The molecule has 3 nitrogen and oxygen atoms in total. The molecule has 0 heterocycles. The molecule has 0 amide bonds. The van der Waals surface area contributed by atoms with Gasteiger partial charge in [-0.2, -0.15) is 0 Å². The summed E-state index contributed by atoms with van der Waals surface area (Å²) in [5.41, 5.74) is 0.616. The van der Waals surface area contributed by atoms with Crippen LogP contribution in [0, 0.1) is 0 Å². The van der Waals surface area contributed by atoms with Gasteiger partial charge in [0.15, 0.2) is 0 Å². The number of nitrogens with one attached hydrogen (secondary N) is 1. The van der Waals surface area contributed by atoms with Crippen molar-refractivity contribution >= 4 is 10.0 Å². The van der Waals surface area contributed by atoms with Gasteiger partial charge in [0.1, 0.15) is 0 Å². The molecule has 0 aromatic carbocycles. The van der Waals surface area contributed by atoms with Crippen molar-refractivity contribution in [2.24, 2.45) is 0 Å². The van der Waals surface area contributed by atoms with Crippen LogP contribution >= 0.6 is 0 Å². The molecule has 1 N–H and O–H groups in total. The molecule has 0 rings (SSSR count). The fourth-order valence-electron chi connectivity index (χ4n) is 0.567. The third-order valence-corrected chi connectivity index (χ3v) is 1.58. The number of sulfonamides is 1. The van der Waals surface area contributed by atoms with Crippen LogP contribution in [0.15, 0.2) is 23.9 Å². The Balaban J connectivity index is 4.19. The normalized spacial score (nSPS) is 13.9. The molecule has 0 saturated carbocycles. The van der Waals surface area contributed by atoms with E-state index in [2.05, 4.69) is 4.72 Å². The molecule has 0 atom stereocenters. The van der Waals surface area contributed by atoms with Crippen LogP contribution in [0.4, 0.5) is 0 Å². The Hall–Kier alpha value is -0.770. The van der Waals surface area contributed by atoms with Crippen molar-refractivity contribution in [1.82, 2.24) is 4.72 Å². The monoisotopic (exact) mass is 175 g/mol. The van der Waals surface area contributed by atoms with Gasteiger partial charge in [0.05, 0.1) is 6.26 Å². The second-order valence-electron chi connectivity index (χ2n) is 2.25. The van der Waals surface area contributed by atoms with Crippen LogP contribution in [-0.2, 0) is 10.0 Å². The maximum atomic E-state index is 10.6. The maximum absolute atomic E-state index is 10.6. The molecule has 0 aliphatic carbocycles. The first-order valence-electron chi connectivity index (χ1n) is 3.23. The fraction of sp³-hybridized carbons (Fsp3) is 0.429. The molecule has 0 fully saturated rings. The second-order valence-corrected chi connectivity index (χ2v) is 4.00. The Kier molecular flexibility index (Phi) is 3.89. The van der Waals surface area contributed by atoms with Gasteiger partial charge in [0, 0.05) is 5.70 Å². The standard InChI is InChI=1S/C7H13NO2S/c1-4-5-6-7(2)8-11(3,9)10/h4-6,8H,1-3H3/b5-4+,7-6+. The summed E-state index contributed by atoms with van der Waals surface area (Å²) < 4.78 is 23.6. The van der Waals surface area contributed by atoms with E-state index in [9.17, 15) is 8.42 Å². The van der Waals surface area contributed by atoms with Crippen molar-refractivity contribution in [3.63, 3.8) is 0 Å². The summed E-state index contributed by atoms with van der Waals surface area (Å²) in [5, 5.41) is 0. The van der Waals surface area contributed by atoms with Crippen molar-refractivity contribution < 1.29 is 8.42 Å². The highest BCUT2D eigenvalue weighted by Crippen LogP contribution is 1.89. The molecule has 0 aliphatic heterocycles. The number of rotatable bonds is 3. The zero-order valence-corrected chi connectivity index (χ0v) is 7.77. The first-order valence-corrected chi connectivity index (χ1v) is 5.12. The van der Waals surface area contributed by atoms with Crippen LogP contribution < -0.4 is 4.72 Å². The zero-order chi connectivity index (χ0) is 8.91. The predicted molar refractivity (Wildman–Crippen MR) is 46.6 cm³/mol. The smallest absolute Gasteiger partial charge is 0.229 e. The fourth-order valence-corrected chi connectivity index (χ4v) is 1.22. The lowest BCUT2D eigenvalue weighted by Gasteiger charge is -2.00. The summed E-state index contributed by atoms with van der Waals surface area (Å²) in [7, 11) is -3.11. The summed E-state index contributed by atoms with van der Waals surface area (Å²) >= 11 is 0. The van der Waals surface area contributed by atoms with E-state index in [0.717, 1.165) is 6.26 Å². The highest BCUT2D eigenvalue weighted by Gasteiger charge is 1.97. The number of allylic oxidation sites excluding steroid dienone is 4. The number of hydrogen-bond donors (Lipinski definition) is 1. The van der Waals surface area contributed by atoms with Crippen molar-refractivity contribution in [1.29, 1.82) is 0 Å². The molecule has 0 bridgehead atoms. The molecule has 11 heavy (non-hydrogen) atoms. The van der Waals surface area contributed by atoms with Gasteiger partial charge in [-0.05, 0) is 19.9 Å². The lowest BCUT2D eigenvalue weighted by atomic mass is 10.4. The molecule has 0 unspecified atom stereocenters. The van der Waals surface area contributed by atoms with Crippen molar-refractivity contribution in [3.8, 4) is 0 Å². The lowest BCUT2D eigenvalue weighted by Crippen LogP contribution is -2.19. The SMILES string of the molecule is C/C=C/C=C(\C)NS(C)(=O)=O. The van der Waals surface area contributed by atoms with Crippen LogP contribution in [0.2, 0.25) is 0 Å². The molecule has 0 radical (unpaired) electrons. The molecule has 0 aromatic heterocycles. The van der Waals surface area contributed by atoms with Crippen molar-refractivity contribution in [2.75, 3.05) is 6.26 Å². The maximum Gasteiger partial charge on any atom is 0.229 e. The molecule has 0 spiro atoms. The lowest BCUT2D eigenvalue weighted by molar-refractivity contribution is 0.594. The van der Waals surface area contributed by atoms with E-state index >= 15 is 0 Å². The molecular weight excluding hydrogens is 162 g/mol. The second kappa shape index (κ2) is 4.18. The van der Waals surface area contributed by atoms with Gasteiger partial charge in [0.2, 0.25) is 10.0 Å². The average molecular weight is 175 g/mol. The summed E-state index contributed by atoms with van der Waals surface area (Å²) in [6.45, 7) is 3.56. The van der Waals surface area contributed by atoms with E-state index in [1.807, 2.05) is 13.0 Å². The van der Waals surface area contributed by atoms with Crippen molar-refractivity contribution in [2.45, 2.75) is 13.8 Å². The Bertz CT molecular complexity index is 262. The van der Waals surface area contributed by atoms with Crippen LogP contribution in [0.3, 0.4) is 0 Å². The third-order valence-electron chi connectivity index (χ3n) is 0.885. The highest BCUT2D eigenvalue weighted by atomic mass is 32.2. The minimum absolute atomic E-state index is 0.616. The first-order chi connectivity index (χ1) is 4.95. The molecule has 0 aromatic rings. The van der Waals surface area contributed by atoms with E-state index in [-0.39, 0.29) is 0 Å².